The van der Waals surface area contributed by atoms with Gasteiger partial charge in [-0.25, -0.2) is 17.5 Å². The van der Waals surface area contributed by atoms with E-state index in [-0.39, 0.29) is 23.5 Å². The van der Waals surface area contributed by atoms with Gasteiger partial charge in [0, 0.05) is 6.54 Å². The van der Waals surface area contributed by atoms with Gasteiger partial charge < -0.3 is 5.32 Å². The number of nitrogens with zero attached hydrogens (tertiary/aromatic N) is 2. The molecule has 0 bridgehead atoms. The van der Waals surface area contributed by atoms with Crippen LogP contribution in [0.15, 0.2) is 59.5 Å². The molecule has 0 aliphatic carbocycles. The third-order valence-corrected chi connectivity index (χ3v) is 7.35. The molecule has 8 nitrogen and oxygen atoms in total. The number of benzene rings is 2. The van der Waals surface area contributed by atoms with Gasteiger partial charge in [0.1, 0.15) is 10.4 Å². The fourth-order valence-electron chi connectivity index (χ4n) is 4.08. The minimum atomic E-state index is -4.00. The summed E-state index contributed by atoms with van der Waals surface area (Å²) in [6.45, 7) is 1.40. The first-order valence-corrected chi connectivity index (χ1v) is 11.1. The van der Waals surface area contributed by atoms with E-state index in [0.29, 0.717) is 18.4 Å². The van der Waals surface area contributed by atoms with E-state index in [4.69, 9.17) is 0 Å². The van der Waals surface area contributed by atoms with E-state index in [1.807, 2.05) is 13.0 Å². The average Bonchev–Trinajstić information content (AvgIpc) is 3.10. The molecule has 4 amide bonds. The maximum Gasteiger partial charge on any atom is 0.325 e. The number of amides is 4. The Bertz CT molecular complexity index is 1130. The zero-order valence-corrected chi connectivity index (χ0v) is 17.2. The smallest absolute Gasteiger partial charge is 0.319 e. The summed E-state index contributed by atoms with van der Waals surface area (Å²) in [5.41, 5.74) is -0.423. The maximum absolute atomic E-state index is 13.3. The lowest BCUT2D eigenvalue weighted by atomic mass is 9.85. The van der Waals surface area contributed by atoms with Crippen LogP contribution in [0.4, 0.5) is 4.79 Å². The topological polar surface area (TPSA) is 104 Å². The summed E-state index contributed by atoms with van der Waals surface area (Å²) in [7, 11) is -4.00. The summed E-state index contributed by atoms with van der Waals surface area (Å²) < 4.78 is 26.2. The lowest BCUT2D eigenvalue weighted by molar-refractivity contribution is -0.132. The van der Waals surface area contributed by atoms with E-state index in [9.17, 15) is 22.8 Å². The zero-order valence-electron chi connectivity index (χ0n) is 16.4. The molecule has 1 N–H and O–H groups in total. The lowest BCUT2D eigenvalue weighted by Gasteiger charge is -2.27. The minimum Gasteiger partial charge on any atom is -0.319 e. The second-order valence-corrected chi connectivity index (χ2v) is 9.12. The number of imide groups is 1. The van der Waals surface area contributed by atoms with Crippen LogP contribution in [0.25, 0.3) is 0 Å². The van der Waals surface area contributed by atoms with Gasteiger partial charge >= 0.3 is 6.03 Å². The van der Waals surface area contributed by atoms with Crippen molar-refractivity contribution in [2.24, 2.45) is 0 Å². The van der Waals surface area contributed by atoms with Gasteiger partial charge in [-0.05, 0) is 24.1 Å². The van der Waals surface area contributed by atoms with Crippen molar-refractivity contribution in [2.45, 2.75) is 30.2 Å². The zero-order chi connectivity index (χ0) is 21.5. The standard InChI is InChI=1S/C21H21N3O5S/c1-2-12-21(15-8-4-3-5-9-15)19(26)23(20(27)22-21)13-14-24-18(25)16-10-6-7-11-17(16)30(24,28)29/h3-11H,2,12-14H2,1H3,(H,22,27). The molecule has 1 atom stereocenters. The van der Waals surface area contributed by atoms with E-state index in [1.54, 1.807) is 36.4 Å². The fraction of sp³-hybridized carbons (Fsp3) is 0.286. The number of nitrogens with one attached hydrogen (secondary N) is 1. The molecule has 0 radical (unpaired) electrons. The Morgan fingerprint density at radius 2 is 1.60 bits per heavy atom. The van der Waals surface area contributed by atoms with Crippen LogP contribution in [0.5, 0.6) is 0 Å². The SMILES string of the molecule is CCCC1(c2ccccc2)NC(=O)N(CCN2C(=O)c3ccccc3S2(=O)=O)C1=O. The third-order valence-electron chi connectivity index (χ3n) is 5.51. The van der Waals surface area contributed by atoms with Crippen LogP contribution in [0.1, 0.15) is 35.7 Å². The van der Waals surface area contributed by atoms with Gasteiger partial charge in [0.15, 0.2) is 0 Å². The maximum atomic E-state index is 13.3. The Kier molecular flexibility index (Phi) is 4.85. The molecule has 2 aliphatic heterocycles. The van der Waals surface area contributed by atoms with Crippen LogP contribution in [0.3, 0.4) is 0 Å². The fourth-order valence-corrected chi connectivity index (χ4v) is 5.64. The molecule has 0 spiro atoms. The molecular formula is C21H21N3O5S. The van der Waals surface area contributed by atoms with Crippen molar-refractivity contribution in [3.05, 3.63) is 65.7 Å². The van der Waals surface area contributed by atoms with E-state index < -0.39 is 33.4 Å². The predicted molar refractivity (Wildman–Crippen MR) is 108 cm³/mol. The van der Waals surface area contributed by atoms with Crippen molar-refractivity contribution in [3.8, 4) is 0 Å². The quantitative estimate of drug-likeness (QED) is 0.711. The van der Waals surface area contributed by atoms with Crippen LogP contribution < -0.4 is 5.32 Å². The Morgan fingerprint density at radius 3 is 2.27 bits per heavy atom. The minimum absolute atomic E-state index is 0.0585. The highest BCUT2D eigenvalue weighted by atomic mass is 32.2. The van der Waals surface area contributed by atoms with Crippen LogP contribution in [0.2, 0.25) is 0 Å². The first kappa shape index (κ1) is 20.1. The van der Waals surface area contributed by atoms with Crippen LogP contribution in [0, 0.1) is 0 Å². The highest BCUT2D eigenvalue weighted by molar-refractivity contribution is 7.90. The molecular weight excluding hydrogens is 406 g/mol. The Morgan fingerprint density at radius 1 is 0.933 bits per heavy atom. The molecule has 1 unspecified atom stereocenters. The Labute approximate surface area is 174 Å². The molecule has 0 aromatic heterocycles. The van der Waals surface area contributed by atoms with Crippen molar-refractivity contribution in [2.75, 3.05) is 13.1 Å². The number of hydrogen-bond donors (Lipinski definition) is 1. The van der Waals surface area contributed by atoms with Crippen molar-refractivity contribution in [1.82, 2.24) is 14.5 Å². The number of sulfonamides is 1. The second kappa shape index (κ2) is 7.24. The molecule has 2 aliphatic rings. The van der Waals surface area contributed by atoms with E-state index in [2.05, 4.69) is 5.32 Å². The van der Waals surface area contributed by atoms with E-state index >= 15 is 0 Å². The van der Waals surface area contributed by atoms with E-state index in [1.165, 1.54) is 12.1 Å². The molecule has 30 heavy (non-hydrogen) atoms. The van der Waals surface area contributed by atoms with Gasteiger partial charge in [-0.1, -0.05) is 55.8 Å². The first-order valence-electron chi connectivity index (χ1n) is 9.68. The summed E-state index contributed by atoms with van der Waals surface area (Å²) in [4.78, 5) is 39.4. The molecule has 1 fully saturated rings. The normalized spacial score (nSPS) is 22.4. The highest BCUT2D eigenvalue weighted by Gasteiger charge is 2.52. The number of rotatable bonds is 6. The van der Waals surface area contributed by atoms with Gasteiger partial charge in [-0.2, -0.15) is 0 Å². The number of carbonyl (C=O) groups is 3. The van der Waals surface area contributed by atoms with E-state index in [0.717, 1.165) is 9.21 Å². The molecule has 9 heteroatoms. The molecule has 0 saturated carbocycles. The van der Waals surface area contributed by atoms with Gasteiger partial charge in [-0.15, -0.1) is 0 Å². The Hall–Kier alpha value is -3.20. The van der Waals surface area contributed by atoms with Crippen molar-refractivity contribution in [1.29, 1.82) is 0 Å². The average molecular weight is 427 g/mol. The largest absolute Gasteiger partial charge is 0.325 e. The van der Waals surface area contributed by atoms with Crippen molar-refractivity contribution in [3.63, 3.8) is 0 Å². The Balaban J connectivity index is 1.59. The monoisotopic (exact) mass is 427 g/mol. The summed E-state index contributed by atoms with van der Waals surface area (Å²) in [5, 5.41) is 2.79. The van der Waals surface area contributed by atoms with Crippen LogP contribution in [-0.2, 0) is 20.4 Å². The molecule has 1 saturated heterocycles. The number of hydrogen-bond acceptors (Lipinski definition) is 5. The number of urea groups is 1. The second-order valence-electron chi connectivity index (χ2n) is 7.29. The lowest BCUT2D eigenvalue weighted by Crippen LogP contribution is -2.45. The highest BCUT2D eigenvalue weighted by Crippen LogP contribution is 2.34. The summed E-state index contributed by atoms with van der Waals surface area (Å²) in [6.07, 6.45) is 1.06. The molecule has 2 aromatic rings. The molecule has 2 heterocycles. The number of fused-ring (bicyclic) bond motifs is 1. The van der Waals surface area contributed by atoms with Gasteiger partial charge in [0.2, 0.25) is 0 Å². The molecule has 2 aromatic carbocycles. The summed E-state index contributed by atoms with van der Waals surface area (Å²) in [5.74, 6) is -1.09. The van der Waals surface area contributed by atoms with Crippen molar-refractivity contribution >= 4 is 27.9 Å². The summed E-state index contributed by atoms with van der Waals surface area (Å²) >= 11 is 0. The third kappa shape index (κ3) is 2.88. The first-order chi connectivity index (χ1) is 14.3. The molecule has 156 valence electrons. The van der Waals surface area contributed by atoms with Gasteiger partial charge in [-0.3, -0.25) is 14.5 Å². The van der Waals surface area contributed by atoms with Gasteiger partial charge in [0.05, 0.1) is 12.1 Å². The molecule has 4 rings (SSSR count). The van der Waals surface area contributed by atoms with Crippen LogP contribution in [-0.4, -0.2) is 48.6 Å². The predicted octanol–water partition coefficient (Wildman–Crippen LogP) is 2.08. The number of carbonyl (C=O) groups excluding carboxylic acids is 3. The summed E-state index contributed by atoms with van der Waals surface area (Å²) in [6, 6.07) is 14.3. The van der Waals surface area contributed by atoms with Crippen LogP contribution >= 0.6 is 0 Å². The van der Waals surface area contributed by atoms with Crippen molar-refractivity contribution < 1.29 is 22.8 Å². The van der Waals surface area contributed by atoms with Gasteiger partial charge in [0.25, 0.3) is 21.8 Å².